The molecule has 0 bridgehead atoms. The van der Waals surface area contributed by atoms with Crippen molar-refractivity contribution in [1.29, 1.82) is 0 Å². The van der Waals surface area contributed by atoms with Crippen molar-refractivity contribution in [1.82, 2.24) is 0 Å². The van der Waals surface area contributed by atoms with E-state index < -0.39 is 0 Å². The lowest BCUT2D eigenvalue weighted by Gasteiger charge is -2.09. The third-order valence-electron chi connectivity index (χ3n) is 3.01. The summed E-state index contributed by atoms with van der Waals surface area (Å²) in [5, 5.41) is 2.85. The predicted molar refractivity (Wildman–Crippen MR) is 91.0 cm³/mol. The number of thiocarbonyl (C=S) groups is 1. The molecule has 112 valence electrons. The summed E-state index contributed by atoms with van der Waals surface area (Å²) in [5.41, 5.74) is 1.13. The molecule has 22 heavy (non-hydrogen) atoms. The van der Waals surface area contributed by atoms with Crippen LogP contribution >= 0.6 is 24.0 Å². The summed E-state index contributed by atoms with van der Waals surface area (Å²) in [6, 6.07) is 12.7. The van der Waals surface area contributed by atoms with Gasteiger partial charge in [0, 0.05) is 4.90 Å². The van der Waals surface area contributed by atoms with E-state index in [0.717, 1.165) is 4.90 Å². The Morgan fingerprint density at radius 1 is 1.27 bits per heavy atom. The van der Waals surface area contributed by atoms with Gasteiger partial charge in [-0.25, -0.2) is 0 Å². The van der Waals surface area contributed by atoms with E-state index in [2.05, 4.69) is 5.32 Å². The maximum Gasteiger partial charge on any atom is 0.259 e. The normalized spacial score (nSPS) is 12.3. The molecule has 6 heteroatoms. The smallest absolute Gasteiger partial charge is 0.259 e. The SMILES string of the molecule is CCOC(=S)Sc1ccc2c(c1)C(=O)Nc1ccccc1O2. The van der Waals surface area contributed by atoms with E-state index in [1.54, 1.807) is 18.2 Å². The summed E-state index contributed by atoms with van der Waals surface area (Å²) in [6.45, 7) is 2.40. The Morgan fingerprint density at radius 2 is 2.09 bits per heavy atom. The fourth-order valence-electron chi connectivity index (χ4n) is 2.05. The zero-order valence-electron chi connectivity index (χ0n) is 11.8. The van der Waals surface area contributed by atoms with Crippen LogP contribution in [0.1, 0.15) is 17.3 Å². The van der Waals surface area contributed by atoms with E-state index in [1.165, 1.54) is 11.8 Å². The monoisotopic (exact) mass is 331 g/mol. The van der Waals surface area contributed by atoms with E-state index in [0.29, 0.717) is 33.7 Å². The van der Waals surface area contributed by atoms with Crippen molar-refractivity contribution in [2.45, 2.75) is 11.8 Å². The molecule has 1 aliphatic heterocycles. The van der Waals surface area contributed by atoms with E-state index in [1.807, 2.05) is 31.2 Å². The number of hydrogen-bond acceptors (Lipinski definition) is 5. The average Bonchev–Trinajstić information content (AvgIpc) is 2.64. The fourth-order valence-corrected chi connectivity index (χ4v) is 3.14. The standard InChI is InChI=1S/C16H13NO3S2/c1-2-19-16(21)22-10-7-8-13-11(9-10)15(18)17-12-5-3-4-6-14(12)20-13/h3-9H,2H2,1H3,(H,17,18). The summed E-state index contributed by atoms with van der Waals surface area (Å²) in [4.78, 5) is 13.2. The molecule has 3 rings (SSSR count). The van der Waals surface area contributed by atoms with Crippen LogP contribution in [0.15, 0.2) is 47.4 Å². The number of benzene rings is 2. The largest absolute Gasteiger partial charge is 0.479 e. The molecule has 1 heterocycles. The second-order valence-corrected chi connectivity index (χ2v) is 6.17. The molecule has 1 amide bonds. The molecular weight excluding hydrogens is 318 g/mol. The summed E-state index contributed by atoms with van der Waals surface area (Å²) in [5.74, 6) is 0.943. The lowest BCUT2D eigenvalue weighted by molar-refractivity contribution is 0.102. The lowest BCUT2D eigenvalue weighted by atomic mass is 10.2. The molecule has 2 aromatic carbocycles. The van der Waals surface area contributed by atoms with E-state index in [-0.39, 0.29) is 5.91 Å². The van der Waals surface area contributed by atoms with Crippen LogP contribution < -0.4 is 10.1 Å². The summed E-state index contributed by atoms with van der Waals surface area (Å²) in [7, 11) is 0. The Balaban J connectivity index is 1.92. The maximum absolute atomic E-state index is 12.4. The van der Waals surface area contributed by atoms with Gasteiger partial charge in [-0.1, -0.05) is 12.1 Å². The molecule has 0 aromatic heterocycles. The third kappa shape index (κ3) is 3.08. The molecule has 0 unspecified atom stereocenters. The highest BCUT2D eigenvalue weighted by molar-refractivity contribution is 8.22. The number of rotatable bonds is 2. The van der Waals surface area contributed by atoms with Crippen LogP contribution in [-0.2, 0) is 4.74 Å². The van der Waals surface area contributed by atoms with Gasteiger partial charge < -0.3 is 14.8 Å². The van der Waals surface area contributed by atoms with Gasteiger partial charge in [-0.05, 0) is 61.2 Å². The third-order valence-corrected chi connectivity index (χ3v) is 4.16. The van der Waals surface area contributed by atoms with Gasteiger partial charge in [0.2, 0.25) is 4.38 Å². The number of fused-ring (bicyclic) bond motifs is 2. The quantitative estimate of drug-likeness (QED) is 0.650. The molecule has 4 nitrogen and oxygen atoms in total. The van der Waals surface area contributed by atoms with Crippen molar-refractivity contribution in [2.24, 2.45) is 0 Å². The number of para-hydroxylation sites is 2. The highest BCUT2D eigenvalue weighted by Crippen LogP contribution is 2.37. The first-order chi connectivity index (χ1) is 10.7. The minimum Gasteiger partial charge on any atom is -0.479 e. The van der Waals surface area contributed by atoms with Gasteiger partial charge in [-0.2, -0.15) is 0 Å². The van der Waals surface area contributed by atoms with Crippen LogP contribution in [0, 0.1) is 0 Å². The molecule has 0 spiro atoms. The zero-order chi connectivity index (χ0) is 15.5. The Kier molecular flexibility index (Phi) is 4.31. The number of ether oxygens (including phenoxy) is 2. The summed E-state index contributed by atoms with van der Waals surface area (Å²) in [6.07, 6.45) is 0. The molecule has 0 saturated heterocycles. The first-order valence-electron chi connectivity index (χ1n) is 6.74. The van der Waals surface area contributed by atoms with Crippen LogP contribution in [0.3, 0.4) is 0 Å². The highest BCUT2D eigenvalue weighted by atomic mass is 32.2. The molecule has 0 fully saturated rings. The first kappa shape index (κ1) is 14.9. The molecule has 0 atom stereocenters. The Hall–Kier alpha value is -2.05. The van der Waals surface area contributed by atoms with Crippen LogP contribution in [0.25, 0.3) is 0 Å². The number of thioether (sulfide) groups is 1. The van der Waals surface area contributed by atoms with Gasteiger partial charge >= 0.3 is 0 Å². The molecule has 1 N–H and O–H groups in total. The fraction of sp³-hybridized carbons (Fsp3) is 0.125. The number of hydrogen-bond donors (Lipinski definition) is 1. The van der Waals surface area contributed by atoms with Crippen molar-refractivity contribution in [3.05, 3.63) is 48.0 Å². The number of amides is 1. The van der Waals surface area contributed by atoms with Crippen LogP contribution in [0.2, 0.25) is 0 Å². The lowest BCUT2D eigenvalue weighted by Crippen LogP contribution is -2.10. The number of carbonyl (C=O) groups excluding carboxylic acids is 1. The number of anilines is 1. The molecule has 2 aromatic rings. The minimum atomic E-state index is -0.204. The van der Waals surface area contributed by atoms with Crippen LogP contribution in [0.4, 0.5) is 5.69 Å². The second-order valence-electron chi connectivity index (χ2n) is 4.50. The van der Waals surface area contributed by atoms with Crippen molar-refractivity contribution >= 4 is 40.0 Å². The van der Waals surface area contributed by atoms with Crippen molar-refractivity contribution in [3.8, 4) is 11.5 Å². The molecule has 0 saturated carbocycles. The Bertz CT molecular complexity index is 746. The van der Waals surface area contributed by atoms with Gasteiger partial charge in [-0.15, -0.1) is 0 Å². The van der Waals surface area contributed by atoms with E-state index in [4.69, 9.17) is 21.7 Å². The molecule has 0 aliphatic carbocycles. The maximum atomic E-state index is 12.4. The summed E-state index contributed by atoms with van der Waals surface area (Å²) >= 11 is 6.42. The number of carbonyl (C=O) groups is 1. The predicted octanol–water partition coefficient (Wildman–Crippen LogP) is 4.46. The summed E-state index contributed by atoms with van der Waals surface area (Å²) < 4.78 is 11.5. The van der Waals surface area contributed by atoms with Gasteiger partial charge in [-0.3, -0.25) is 4.79 Å². The van der Waals surface area contributed by atoms with Gasteiger partial charge in [0.1, 0.15) is 5.75 Å². The molecule has 1 aliphatic rings. The van der Waals surface area contributed by atoms with E-state index >= 15 is 0 Å². The second kappa shape index (κ2) is 6.37. The minimum absolute atomic E-state index is 0.204. The molecular formula is C16H13NO3S2. The van der Waals surface area contributed by atoms with Crippen molar-refractivity contribution in [3.63, 3.8) is 0 Å². The van der Waals surface area contributed by atoms with Gasteiger partial charge in [0.05, 0.1) is 17.9 Å². The van der Waals surface area contributed by atoms with Crippen LogP contribution in [-0.4, -0.2) is 16.9 Å². The average molecular weight is 331 g/mol. The van der Waals surface area contributed by atoms with Crippen LogP contribution in [0.5, 0.6) is 11.5 Å². The Morgan fingerprint density at radius 3 is 2.91 bits per heavy atom. The van der Waals surface area contributed by atoms with E-state index in [9.17, 15) is 4.79 Å². The Labute approximate surface area is 137 Å². The first-order valence-corrected chi connectivity index (χ1v) is 7.96. The van der Waals surface area contributed by atoms with Gasteiger partial charge in [0.15, 0.2) is 5.75 Å². The topological polar surface area (TPSA) is 47.6 Å². The molecule has 0 radical (unpaired) electrons. The highest BCUT2D eigenvalue weighted by Gasteiger charge is 2.21. The number of nitrogens with one attached hydrogen (secondary N) is 1. The zero-order valence-corrected chi connectivity index (χ0v) is 13.4. The van der Waals surface area contributed by atoms with Crippen molar-refractivity contribution in [2.75, 3.05) is 11.9 Å². The van der Waals surface area contributed by atoms with Gasteiger partial charge in [0.25, 0.3) is 5.91 Å². The van der Waals surface area contributed by atoms with Crippen molar-refractivity contribution < 1.29 is 14.3 Å².